The molecule has 1 atom stereocenters. The van der Waals surface area contributed by atoms with Gasteiger partial charge in [0, 0.05) is 0 Å². The van der Waals surface area contributed by atoms with Gasteiger partial charge in [-0.2, -0.15) is 0 Å². The standard InChI is InChI=1S/C7H12O3/c1-3-4-6(8)5-7(9)10-2/h3-4,6,8H,5H2,1-2H3/b4-3+/t6-/m0/s1. The monoisotopic (exact) mass is 144 g/mol. The van der Waals surface area contributed by atoms with E-state index in [-0.39, 0.29) is 6.42 Å². The minimum atomic E-state index is -0.711. The molecule has 10 heavy (non-hydrogen) atoms. The first kappa shape index (κ1) is 9.17. The summed E-state index contributed by atoms with van der Waals surface area (Å²) in [6.07, 6.45) is 2.54. The van der Waals surface area contributed by atoms with Gasteiger partial charge in [-0.05, 0) is 6.92 Å². The van der Waals surface area contributed by atoms with Crippen molar-refractivity contribution >= 4 is 5.97 Å². The summed E-state index contributed by atoms with van der Waals surface area (Å²) in [5.41, 5.74) is 0. The molecule has 0 saturated heterocycles. The first-order valence-electron chi connectivity index (χ1n) is 3.08. The molecule has 0 radical (unpaired) electrons. The number of esters is 1. The fourth-order valence-corrected chi connectivity index (χ4v) is 0.544. The minimum absolute atomic E-state index is 0.0286. The van der Waals surface area contributed by atoms with Crippen molar-refractivity contribution in [2.24, 2.45) is 0 Å². The van der Waals surface area contributed by atoms with Gasteiger partial charge in [-0.3, -0.25) is 4.79 Å². The molecule has 0 aliphatic rings. The molecular formula is C7H12O3. The van der Waals surface area contributed by atoms with E-state index in [0.717, 1.165) is 0 Å². The van der Waals surface area contributed by atoms with Gasteiger partial charge in [-0.25, -0.2) is 0 Å². The van der Waals surface area contributed by atoms with Gasteiger partial charge in [-0.15, -0.1) is 0 Å². The number of aliphatic hydroxyl groups is 1. The van der Waals surface area contributed by atoms with Gasteiger partial charge in [0.25, 0.3) is 0 Å². The maximum atomic E-state index is 10.5. The van der Waals surface area contributed by atoms with Crippen molar-refractivity contribution in [2.75, 3.05) is 7.11 Å². The van der Waals surface area contributed by atoms with Gasteiger partial charge in [0.05, 0.1) is 19.6 Å². The second-order valence-corrected chi connectivity index (χ2v) is 1.87. The van der Waals surface area contributed by atoms with Crippen molar-refractivity contribution in [2.45, 2.75) is 19.4 Å². The topological polar surface area (TPSA) is 46.5 Å². The number of methoxy groups -OCH3 is 1. The van der Waals surface area contributed by atoms with E-state index in [0.29, 0.717) is 0 Å². The molecule has 0 rings (SSSR count). The van der Waals surface area contributed by atoms with Crippen LogP contribution in [0.5, 0.6) is 0 Å². The Hall–Kier alpha value is -0.830. The molecule has 0 heterocycles. The van der Waals surface area contributed by atoms with E-state index in [4.69, 9.17) is 5.11 Å². The Bertz CT molecular complexity index is 129. The second-order valence-electron chi connectivity index (χ2n) is 1.87. The predicted molar refractivity (Wildman–Crippen MR) is 37.5 cm³/mol. The summed E-state index contributed by atoms with van der Waals surface area (Å²) in [5, 5.41) is 8.96. The van der Waals surface area contributed by atoms with E-state index in [1.165, 1.54) is 13.2 Å². The van der Waals surface area contributed by atoms with Crippen molar-refractivity contribution in [3.05, 3.63) is 12.2 Å². The summed E-state index contributed by atoms with van der Waals surface area (Å²) in [4.78, 5) is 10.5. The molecule has 0 spiro atoms. The zero-order valence-corrected chi connectivity index (χ0v) is 6.20. The molecule has 0 aliphatic heterocycles. The van der Waals surface area contributed by atoms with Crippen LogP contribution in [0, 0.1) is 0 Å². The maximum Gasteiger partial charge on any atom is 0.308 e. The first-order chi connectivity index (χ1) is 4.70. The fourth-order valence-electron chi connectivity index (χ4n) is 0.544. The number of rotatable bonds is 3. The Balaban J connectivity index is 3.57. The number of hydrogen-bond acceptors (Lipinski definition) is 3. The zero-order chi connectivity index (χ0) is 7.98. The summed E-state index contributed by atoms with van der Waals surface area (Å²) in [7, 11) is 1.30. The Labute approximate surface area is 60.3 Å². The Morgan fingerprint density at radius 2 is 2.40 bits per heavy atom. The van der Waals surface area contributed by atoms with Gasteiger partial charge in [0.15, 0.2) is 0 Å². The average Bonchev–Trinajstić information content (AvgIpc) is 1.88. The van der Waals surface area contributed by atoms with Crippen LogP contribution in [0.3, 0.4) is 0 Å². The maximum absolute atomic E-state index is 10.5. The van der Waals surface area contributed by atoms with Crippen molar-refractivity contribution in [1.29, 1.82) is 0 Å². The van der Waals surface area contributed by atoms with Crippen LogP contribution in [-0.2, 0) is 9.53 Å². The van der Waals surface area contributed by atoms with Crippen LogP contribution in [0.1, 0.15) is 13.3 Å². The number of ether oxygens (including phenoxy) is 1. The van der Waals surface area contributed by atoms with Gasteiger partial charge >= 0.3 is 5.97 Å². The summed E-state index contributed by atoms with van der Waals surface area (Å²) in [6, 6.07) is 0. The van der Waals surface area contributed by atoms with Crippen LogP contribution in [-0.4, -0.2) is 24.3 Å². The largest absolute Gasteiger partial charge is 0.469 e. The van der Waals surface area contributed by atoms with E-state index in [2.05, 4.69) is 4.74 Å². The normalized spacial score (nSPS) is 13.5. The Kier molecular flexibility index (Phi) is 4.58. The molecule has 0 fully saturated rings. The minimum Gasteiger partial charge on any atom is -0.469 e. The Morgan fingerprint density at radius 3 is 2.80 bits per heavy atom. The van der Waals surface area contributed by atoms with E-state index in [1.54, 1.807) is 13.0 Å². The SMILES string of the molecule is C/C=C/[C@H](O)CC(=O)OC. The molecule has 3 heteroatoms. The lowest BCUT2D eigenvalue weighted by Crippen LogP contribution is -2.11. The smallest absolute Gasteiger partial charge is 0.308 e. The van der Waals surface area contributed by atoms with Crippen molar-refractivity contribution in [3.8, 4) is 0 Å². The molecule has 0 unspecified atom stereocenters. The average molecular weight is 144 g/mol. The highest BCUT2D eigenvalue weighted by Gasteiger charge is 2.05. The van der Waals surface area contributed by atoms with E-state index in [9.17, 15) is 4.79 Å². The molecule has 0 aromatic heterocycles. The van der Waals surface area contributed by atoms with Gasteiger partial charge in [-0.1, -0.05) is 12.2 Å². The predicted octanol–water partition coefficient (Wildman–Crippen LogP) is 0.486. The van der Waals surface area contributed by atoms with E-state index in [1.807, 2.05) is 0 Å². The molecule has 1 N–H and O–H groups in total. The number of hydrogen-bond donors (Lipinski definition) is 1. The third-order valence-electron chi connectivity index (χ3n) is 1.02. The number of allylic oxidation sites excluding steroid dienone is 1. The van der Waals surface area contributed by atoms with Crippen LogP contribution < -0.4 is 0 Å². The summed E-state index contributed by atoms with van der Waals surface area (Å²) >= 11 is 0. The molecule has 0 bridgehead atoms. The number of carbonyl (C=O) groups is 1. The van der Waals surface area contributed by atoms with E-state index < -0.39 is 12.1 Å². The molecule has 0 aromatic rings. The summed E-state index contributed by atoms with van der Waals surface area (Å²) in [6.45, 7) is 1.78. The summed E-state index contributed by atoms with van der Waals surface area (Å²) < 4.78 is 4.33. The molecule has 0 amide bonds. The van der Waals surface area contributed by atoms with Gasteiger partial charge < -0.3 is 9.84 Å². The molecular weight excluding hydrogens is 132 g/mol. The van der Waals surface area contributed by atoms with Crippen LogP contribution >= 0.6 is 0 Å². The van der Waals surface area contributed by atoms with E-state index >= 15 is 0 Å². The molecule has 58 valence electrons. The molecule has 0 aromatic carbocycles. The highest BCUT2D eigenvalue weighted by atomic mass is 16.5. The lowest BCUT2D eigenvalue weighted by molar-refractivity contribution is -0.142. The van der Waals surface area contributed by atoms with Gasteiger partial charge in [0.1, 0.15) is 0 Å². The lowest BCUT2D eigenvalue weighted by Gasteiger charge is -2.01. The fraction of sp³-hybridized carbons (Fsp3) is 0.571. The molecule has 3 nitrogen and oxygen atoms in total. The number of aliphatic hydroxyl groups excluding tert-OH is 1. The van der Waals surface area contributed by atoms with Crippen LogP contribution in [0.4, 0.5) is 0 Å². The van der Waals surface area contributed by atoms with Gasteiger partial charge in [0.2, 0.25) is 0 Å². The van der Waals surface area contributed by atoms with Crippen molar-refractivity contribution in [1.82, 2.24) is 0 Å². The Morgan fingerprint density at radius 1 is 1.80 bits per heavy atom. The third kappa shape index (κ3) is 4.09. The molecule has 0 saturated carbocycles. The lowest BCUT2D eigenvalue weighted by atomic mass is 10.2. The highest BCUT2D eigenvalue weighted by molar-refractivity contribution is 5.69. The zero-order valence-electron chi connectivity index (χ0n) is 6.20. The number of carbonyl (C=O) groups excluding carboxylic acids is 1. The quantitative estimate of drug-likeness (QED) is 0.463. The van der Waals surface area contributed by atoms with Crippen LogP contribution in [0.2, 0.25) is 0 Å². The summed E-state index contributed by atoms with van der Waals surface area (Å²) in [5.74, 6) is -0.398. The van der Waals surface area contributed by atoms with Crippen LogP contribution in [0.15, 0.2) is 12.2 Å². The second kappa shape index (κ2) is 4.99. The van der Waals surface area contributed by atoms with Crippen LogP contribution in [0.25, 0.3) is 0 Å². The highest BCUT2D eigenvalue weighted by Crippen LogP contribution is 1.94. The van der Waals surface area contributed by atoms with Crippen molar-refractivity contribution < 1.29 is 14.6 Å². The van der Waals surface area contributed by atoms with Crippen molar-refractivity contribution in [3.63, 3.8) is 0 Å². The molecule has 0 aliphatic carbocycles. The third-order valence-corrected chi connectivity index (χ3v) is 1.02. The first-order valence-corrected chi connectivity index (χ1v) is 3.08.